The molecule has 0 spiro atoms. The normalized spacial score (nSPS) is 11.1. The van der Waals surface area contributed by atoms with Crippen LogP contribution in [0.15, 0.2) is 83.8 Å². The number of hydrogen-bond donors (Lipinski definition) is 1. The van der Waals surface area contributed by atoms with Crippen LogP contribution in [-0.4, -0.2) is 14.3 Å². The molecule has 3 aromatic rings. The van der Waals surface area contributed by atoms with Gasteiger partial charge in [-0.05, 0) is 35.9 Å². The fourth-order valence-corrected chi connectivity index (χ4v) is 3.73. The maximum absolute atomic E-state index is 12.7. The lowest BCUT2D eigenvalue weighted by Crippen LogP contribution is -2.30. The molecule has 0 aromatic heterocycles. The number of nitrogens with one attached hydrogen (secondary N) is 1. The zero-order chi connectivity index (χ0) is 17.9. The van der Waals surface area contributed by atoms with E-state index in [4.69, 9.17) is 11.6 Å². The van der Waals surface area contributed by atoms with E-state index in [9.17, 15) is 13.2 Å². The molecule has 0 radical (unpaired) electrons. The second-order valence-electron chi connectivity index (χ2n) is 5.30. The first-order valence-electron chi connectivity index (χ1n) is 7.44. The number of halogens is 1. The van der Waals surface area contributed by atoms with Gasteiger partial charge in [0, 0.05) is 16.1 Å². The van der Waals surface area contributed by atoms with Crippen LogP contribution in [0.2, 0.25) is 5.02 Å². The maximum atomic E-state index is 12.7. The zero-order valence-corrected chi connectivity index (χ0v) is 14.6. The number of carbonyl (C=O) groups excluding carboxylic acids is 1. The molecule has 6 heteroatoms. The van der Waals surface area contributed by atoms with Gasteiger partial charge in [0.25, 0.3) is 15.9 Å². The van der Waals surface area contributed by atoms with Crippen LogP contribution < -0.4 is 4.72 Å². The van der Waals surface area contributed by atoms with Gasteiger partial charge in [-0.25, -0.2) is 13.1 Å². The van der Waals surface area contributed by atoms with Crippen molar-refractivity contribution < 1.29 is 13.2 Å². The molecule has 25 heavy (non-hydrogen) atoms. The molecule has 0 aliphatic rings. The first-order valence-corrected chi connectivity index (χ1v) is 9.31. The first kappa shape index (κ1) is 17.2. The number of carbonyl (C=O) groups is 1. The summed E-state index contributed by atoms with van der Waals surface area (Å²) in [5.41, 5.74) is 1.49. The lowest BCUT2D eigenvalue weighted by molar-refractivity contribution is 0.0981. The van der Waals surface area contributed by atoms with Crippen molar-refractivity contribution in [3.8, 4) is 11.1 Å². The molecule has 4 nitrogen and oxygen atoms in total. The van der Waals surface area contributed by atoms with Crippen LogP contribution in [0.1, 0.15) is 10.4 Å². The summed E-state index contributed by atoms with van der Waals surface area (Å²) in [6.45, 7) is 0. The second kappa shape index (κ2) is 7.09. The van der Waals surface area contributed by atoms with Crippen molar-refractivity contribution in [1.82, 2.24) is 4.72 Å². The fraction of sp³-hybridized carbons (Fsp3) is 0. The third-order valence-electron chi connectivity index (χ3n) is 3.59. The summed E-state index contributed by atoms with van der Waals surface area (Å²) < 4.78 is 27.5. The number of benzene rings is 3. The van der Waals surface area contributed by atoms with Crippen LogP contribution in [0.5, 0.6) is 0 Å². The fourth-order valence-electron chi connectivity index (χ4n) is 2.39. The van der Waals surface area contributed by atoms with Crippen LogP contribution in [0.25, 0.3) is 11.1 Å². The molecule has 1 N–H and O–H groups in total. The van der Waals surface area contributed by atoms with Crippen LogP contribution in [0.4, 0.5) is 0 Å². The molecule has 0 aliphatic carbocycles. The van der Waals surface area contributed by atoms with Crippen molar-refractivity contribution in [2.24, 2.45) is 0 Å². The standard InChI is InChI=1S/C19H14ClNO3S/c20-16-12-10-15(11-13-16)19(22)21-25(23,24)18-9-5-4-8-17(18)14-6-2-1-3-7-14/h1-13H,(H,21,22). The Morgan fingerprint density at radius 1 is 0.800 bits per heavy atom. The van der Waals surface area contributed by atoms with Crippen molar-refractivity contribution in [2.45, 2.75) is 4.90 Å². The first-order chi connectivity index (χ1) is 12.0. The van der Waals surface area contributed by atoms with Gasteiger partial charge in [-0.1, -0.05) is 60.1 Å². The van der Waals surface area contributed by atoms with Crippen molar-refractivity contribution in [2.75, 3.05) is 0 Å². The third-order valence-corrected chi connectivity index (χ3v) is 5.24. The Morgan fingerprint density at radius 2 is 1.40 bits per heavy atom. The third kappa shape index (κ3) is 3.90. The predicted octanol–water partition coefficient (Wildman–Crippen LogP) is 4.13. The van der Waals surface area contributed by atoms with Crippen LogP contribution in [0.3, 0.4) is 0 Å². The largest absolute Gasteiger partial charge is 0.268 e. The van der Waals surface area contributed by atoms with Gasteiger partial charge in [-0.15, -0.1) is 0 Å². The van der Waals surface area contributed by atoms with Crippen molar-refractivity contribution in [3.05, 3.63) is 89.4 Å². The topological polar surface area (TPSA) is 63.2 Å². The van der Waals surface area contributed by atoms with Gasteiger partial charge in [0.15, 0.2) is 0 Å². The molecule has 3 aromatic carbocycles. The smallest absolute Gasteiger partial charge is 0.264 e. The molecule has 0 bridgehead atoms. The van der Waals surface area contributed by atoms with Gasteiger partial charge < -0.3 is 0 Å². The molecule has 0 heterocycles. The Kier molecular flexibility index (Phi) is 4.88. The highest BCUT2D eigenvalue weighted by molar-refractivity contribution is 7.90. The van der Waals surface area contributed by atoms with Crippen LogP contribution >= 0.6 is 11.6 Å². The predicted molar refractivity (Wildman–Crippen MR) is 98.0 cm³/mol. The van der Waals surface area contributed by atoms with Gasteiger partial charge in [0.05, 0.1) is 4.90 Å². The van der Waals surface area contributed by atoms with Gasteiger partial charge in [-0.2, -0.15) is 0 Å². The minimum atomic E-state index is -4.03. The number of rotatable bonds is 4. The van der Waals surface area contributed by atoms with Gasteiger partial charge in [0.1, 0.15) is 0 Å². The van der Waals surface area contributed by atoms with Crippen LogP contribution in [0, 0.1) is 0 Å². The Hall–Kier alpha value is -2.63. The SMILES string of the molecule is O=C(NS(=O)(=O)c1ccccc1-c1ccccc1)c1ccc(Cl)cc1. The molecular weight excluding hydrogens is 358 g/mol. The molecule has 0 atom stereocenters. The summed E-state index contributed by atoms with van der Waals surface area (Å²) in [5, 5.41) is 0.467. The Bertz CT molecular complexity index is 1000. The average molecular weight is 372 g/mol. The summed E-state index contributed by atoms with van der Waals surface area (Å²) in [5.74, 6) is -0.709. The summed E-state index contributed by atoms with van der Waals surface area (Å²) in [7, 11) is -4.03. The van der Waals surface area contributed by atoms with E-state index in [1.165, 1.54) is 30.3 Å². The highest BCUT2D eigenvalue weighted by Gasteiger charge is 2.22. The Labute approximate surface area is 151 Å². The van der Waals surface area contributed by atoms with E-state index in [-0.39, 0.29) is 10.5 Å². The monoisotopic (exact) mass is 371 g/mol. The molecular formula is C19H14ClNO3S. The van der Waals surface area contributed by atoms with E-state index in [1.807, 2.05) is 30.3 Å². The van der Waals surface area contributed by atoms with E-state index in [0.29, 0.717) is 10.6 Å². The molecule has 0 saturated carbocycles. The quantitative estimate of drug-likeness (QED) is 0.750. The highest BCUT2D eigenvalue weighted by Crippen LogP contribution is 2.27. The van der Waals surface area contributed by atoms with Gasteiger partial charge >= 0.3 is 0 Å². The van der Waals surface area contributed by atoms with Gasteiger partial charge in [-0.3, -0.25) is 4.79 Å². The zero-order valence-electron chi connectivity index (χ0n) is 13.0. The second-order valence-corrected chi connectivity index (χ2v) is 7.39. The number of hydrogen-bond acceptors (Lipinski definition) is 3. The summed E-state index contributed by atoms with van der Waals surface area (Å²) in [6.07, 6.45) is 0. The average Bonchev–Trinajstić information content (AvgIpc) is 2.62. The minimum Gasteiger partial charge on any atom is -0.268 e. The van der Waals surface area contributed by atoms with E-state index < -0.39 is 15.9 Å². The number of sulfonamides is 1. The molecule has 0 unspecified atom stereocenters. The Morgan fingerprint density at radius 3 is 2.08 bits per heavy atom. The maximum Gasteiger partial charge on any atom is 0.264 e. The molecule has 0 saturated heterocycles. The van der Waals surface area contributed by atoms with E-state index in [2.05, 4.69) is 4.72 Å². The summed E-state index contributed by atoms with van der Waals surface area (Å²) >= 11 is 5.78. The molecule has 0 aliphatic heterocycles. The Balaban J connectivity index is 1.96. The van der Waals surface area contributed by atoms with Gasteiger partial charge in [0.2, 0.25) is 0 Å². The minimum absolute atomic E-state index is 0.0449. The van der Waals surface area contributed by atoms with Crippen molar-refractivity contribution >= 4 is 27.5 Å². The van der Waals surface area contributed by atoms with E-state index in [1.54, 1.807) is 18.2 Å². The summed E-state index contributed by atoms with van der Waals surface area (Å²) in [4.78, 5) is 12.3. The molecule has 3 rings (SSSR count). The van der Waals surface area contributed by atoms with E-state index in [0.717, 1.165) is 5.56 Å². The molecule has 1 amide bonds. The van der Waals surface area contributed by atoms with E-state index >= 15 is 0 Å². The number of amides is 1. The van der Waals surface area contributed by atoms with Crippen LogP contribution in [-0.2, 0) is 10.0 Å². The molecule has 0 fully saturated rings. The highest BCUT2D eigenvalue weighted by atomic mass is 35.5. The molecule has 126 valence electrons. The lowest BCUT2D eigenvalue weighted by Gasteiger charge is -2.12. The van der Waals surface area contributed by atoms with Crippen molar-refractivity contribution in [1.29, 1.82) is 0 Å². The van der Waals surface area contributed by atoms with Crippen molar-refractivity contribution in [3.63, 3.8) is 0 Å². The summed E-state index contributed by atoms with van der Waals surface area (Å²) in [6, 6.07) is 21.7. The lowest BCUT2D eigenvalue weighted by atomic mass is 10.1.